The van der Waals surface area contributed by atoms with Crippen LogP contribution >= 0.6 is 23.2 Å². The number of para-hydroxylation sites is 2. The first-order valence-electron chi connectivity index (χ1n) is 8.07. The van der Waals surface area contributed by atoms with Crippen molar-refractivity contribution >= 4 is 40.5 Å². The molecule has 1 heterocycles. The molecule has 132 valence electrons. The van der Waals surface area contributed by atoms with Gasteiger partial charge in [0.1, 0.15) is 5.75 Å². The second kappa shape index (κ2) is 6.77. The van der Waals surface area contributed by atoms with Gasteiger partial charge in [0.25, 0.3) is 5.91 Å². The first kappa shape index (κ1) is 17.9. The minimum Gasteiger partial charge on any atom is -0.479 e. The third-order valence-electron chi connectivity index (χ3n) is 4.03. The minimum atomic E-state index is -0.680. The highest BCUT2D eigenvalue weighted by atomic mass is 35.5. The van der Waals surface area contributed by atoms with Crippen LogP contribution in [0.2, 0.25) is 10.0 Å². The van der Waals surface area contributed by atoms with Crippen molar-refractivity contribution in [3.8, 4) is 5.75 Å². The van der Waals surface area contributed by atoms with Gasteiger partial charge in [0, 0.05) is 17.1 Å². The van der Waals surface area contributed by atoms with Gasteiger partial charge in [-0.1, -0.05) is 35.3 Å². The van der Waals surface area contributed by atoms with Crippen molar-refractivity contribution in [2.75, 3.05) is 16.8 Å². The van der Waals surface area contributed by atoms with Crippen molar-refractivity contribution in [3.05, 3.63) is 52.5 Å². The summed E-state index contributed by atoms with van der Waals surface area (Å²) >= 11 is 12.0. The van der Waals surface area contributed by atoms with Crippen LogP contribution in [0.1, 0.15) is 20.8 Å². The SMILES string of the molecule is CC(Oc1ccc(Cl)cc1Cl)C(=O)N1CC(C)(C)Nc2ccccc21. The fourth-order valence-corrected chi connectivity index (χ4v) is 3.38. The van der Waals surface area contributed by atoms with Gasteiger partial charge in [0.2, 0.25) is 0 Å². The molecule has 1 unspecified atom stereocenters. The van der Waals surface area contributed by atoms with Gasteiger partial charge >= 0.3 is 0 Å². The number of nitrogens with zero attached hydrogens (tertiary/aromatic N) is 1. The lowest BCUT2D eigenvalue weighted by Crippen LogP contribution is -2.53. The number of fused-ring (bicyclic) bond motifs is 1. The van der Waals surface area contributed by atoms with E-state index in [1.165, 1.54) is 0 Å². The topological polar surface area (TPSA) is 41.6 Å². The summed E-state index contributed by atoms with van der Waals surface area (Å²) in [4.78, 5) is 14.8. The van der Waals surface area contributed by atoms with Crippen molar-refractivity contribution in [2.24, 2.45) is 0 Å². The van der Waals surface area contributed by atoms with Crippen LogP contribution in [0.25, 0.3) is 0 Å². The van der Waals surface area contributed by atoms with Gasteiger partial charge < -0.3 is 15.0 Å². The maximum absolute atomic E-state index is 13.0. The molecule has 0 saturated heterocycles. The van der Waals surface area contributed by atoms with E-state index in [1.54, 1.807) is 30.0 Å². The van der Waals surface area contributed by atoms with Gasteiger partial charge in [-0.3, -0.25) is 4.79 Å². The van der Waals surface area contributed by atoms with Crippen LogP contribution in [0, 0.1) is 0 Å². The zero-order valence-electron chi connectivity index (χ0n) is 14.3. The maximum atomic E-state index is 13.0. The highest BCUT2D eigenvalue weighted by Gasteiger charge is 2.35. The number of carbonyl (C=O) groups is 1. The summed E-state index contributed by atoms with van der Waals surface area (Å²) in [6.07, 6.45) is -0.680. The predicted molar refractivity (Wildman–Crippen MR) is 103 cm³/mol. The van der Waals surface area contributed by atoms with Crippen LogP contribution < -0.4 is 15.0 Å². The molecule has 0 bridgehead atoms. The standard InChI is InChI=1S/C19H20Cl2N2O2/c1-12(25-17-9-8-13(20)10-14(17)21)18(24)23-11-19(2,3)22-15-6-4-5-7-16(15)23/h4-10,12,22H,11H2,1-3H3. The fraction of sp³-hybridized carbons (Fsp3) is 0.316. The smallest absolute Gasteiger partial charge is 0.267 e. The van der Waals surface area contributed by atoms with Crippen LogP contribution in [0.5, 0.6) is 5.75 Å². The highest BCUT2D eigenvalue weighted by molar-refractivity contribution is 6.35. The normalized spacial score (nSPS) is 16.6. The number of anilines is 2. The number of carbonyl (C=O) groups excluding carboxylic acids is 1. The Morgan fingerprint density at radius 2 is 1.96 bits per heavy atom. The minimum absolute atomic E-state index is 0.118. The van der Waals surface area contributed by atoms with Gasteiger partial charge in [-0.25, -0.2) is 0 Å². The van der Waals surface area contributed by atoms with E-state index >= 15 is 0 Å². The first-order chi connectivity index (χ1) is 11.8. The molecule has 1 N–H and O–H groups in total. The number of nitrogens with one attached hydrogen (secondary N) is 1. The summed E-state index contributed by atoms with van der Waals surface area (Å²) < 4.78 is 5.80. The molecule has 0 fully saturated rings. The van der Waals surface area contributed by atoms with E-state index in [-0.39, 0.29) is 11.4 Å². The van der Waals surface area contributed by atoms with Gasteiger partial charge in [-0.05, 0) is 51.1 Å². The number of rotatable bonds is 3. The van der Waals surface area contributed by atoms with Crippen molar-refractivity contribution in [1.82, 2.24) is 0 Å². The Balaban J connectivity index is 1.84. The van der Waals surface area contributed by atoms with E-state index in [0.29, 0.717) is 22.3 Å². The third-order valence-corrected chi connectivity index (χ3v) is 4.56. The van der Waals surface area contributed by atoms with Crippen molar-refractivity contribution in [3.63, 3.8) is 0 Å². The molecule has 1 aliphatic heterocycles. The van der Waals surface area contributed by atoms with E-state index in [0.717, 1.165) is 11.4 Å². The second-order valence-corrected chi connectivity index (χ2v) is 7.63. The molecular weight excluding hydrogens is 359 g/mol. The Morgan fingerprint density at radius 3 is 2.68 bits per heavy atom. The molecular formula is C19H20Cl2N2O2. The molecule has 25 heavy (non-hydrogen) atoms. The van der Waals surface area contributed by atoms with Gasteiger partial charge in [0.05, 0.1) is 16.4 Å². The number of benzene rings is 2. The van der Waals surface area contributed by atoms with Crippen molar-refractivity contribution in [1.29, 1.82) is 0 Å². The Hall–Kier alpha value is -1.91. The molecule has 1 amide bonds. The molecule has 4 nitrogen and oxygen atoms in total. The molecule has 2 aromatic carbocycles. The molecule has 1 atom stereocenters. The number of ether oxygens (including phenoxy) is 1. The van der Waals surface area contributed by atoms with E-state index < -0.39 is 6.10 Å². The molecule has 0 saturated carbocycles. The Bertz CT molecular complexity index is 808. The lowest BCUT2D eigenvalue weighted by Gasteiger charge is -2.41. The molecule has 0 aromatic heterocycles. The molecule has 0 radical (unpaired) electrons. The van der Waals surface area contributed by atoms with E-state index in [9.17, 15) is 4.79 Å². The molecule has 1 aliphatic rings. The monoisotopic (exact) mass is 378 g/mol. The van der Waals surface area contributed by atoms with Crippen LogP contribution in [0.15, 0.2) is 42.5 Å². The lowest BCUT2D eigenvalue weighted by molar-refractivity contribution is -0.124. The number of hydrogen-bond acceptors (Lipinski definition) is 3. The van der Waals surface area contributed by atoms with Crippen LogP contribution in [-0.4, -0.2) is 24.1 Å². The van der Waals surface area contributed by atoms with E-state index in [4.69, 9.17) is 27.9 Å². The Morgan fingerprint density at radius 1 is 1.24 bits per heavy atom. The Kier molecular flexibility index (Phi) is 4.85. The zero-order valence-corrected chi connectivity index (χ0v) is 15.9. The van der Waals surface area contributed by atoms with Crippen molar-refractivity contribution < 1.29 is 9.53 Å². The zero-order chi connectivity index (χ0) is 18.2. The summed E-state index contributed by atoms with van der Waals surface area (Å²) in [5, 5.41) is 4.36. The van der Waals surface area contributed by atoms with Gasteiger partial charge in [-0.2, -0.15) is 0 Å². The summed E-state index contributed by atoms with van der Waals surface area (Å²) in [5.74, 6) is 0.322. The summed E-state index contributed by atoms with van der Waals surface area (Å²) in [7, 11) is 0. The highest BCUT2D eigenvalue weighted by Crippen LogP contribution is 2.35. The average molecular weight is 379 g/mol. The van der Waals surface area contributed by atoms with Crippen molar-refractivity contribution in [2.45, 2.75) is 32.4 Å². The van der Waals surface area contributed by atoms with E-state index in [1.807, 2.05) is 24.3 Å². The molecule has 2 aromatic rings. The molecule has 0 spiro atoms. The molecule has 0 aliphatic carbocycles. The number of hydrogen-bond donors (Lipinski definition) is 1. The largest absolute Gasteiger partial charge is 0.479 e. The molecule has 3 rings (SSSR count). The van der Waals surface area contributed by atoms with Crippen LogP contribution in [0.4, 0.5) is 11.4 Å². The quantitative estimate of drug-likeness (QED) is 0.816. The maximum Gasteiger partial charge on any atom is 0.267 e. The Labute approximate surface area is 157 Å². The first-order valence-corrected chi connectivity index (χ1v) is 8.83. The van der Waals surface area contributed by atoms with Gasteiger partial charge in [-0.15, -0.1) is 0 Å². The lowest BCUT2D eigenvalue weighted by atomic mass is 9.99. The number of amides is 1. The van der Waals surface area contributed by atoms with Crippen LogP contribution in [-0.2, 0) is 4.79 Å². The predicted octanol–water partition coefficient (Wildman–Crippen LogP) is 5.00. The average Bonchev–Trinajstić information content (AvgIpc) is 2.55. The van der Waals surface area contributed by atoms with Crippen LogP contribution in [0.3, 0.4) is 0 Å². The summed E-state index contributed by atoms with van der Waals surface area (Å²) in [6, 6.07) is 12.7. The molecule has 6 heteroatoms. The second-order valence-electron chi connectivity index (χ2n) is 6.79. The van der Waals surface area contributed by atoms with Gasteiger partial charge in [0.15, 0.2) is 6.10 Å². The van der Waals surface area contributed by atoms with E-state index in [2.05, 4.69) is 19.2 Å². The summed E-state index contributed by atoms with van der Waals surface area (Å²) in [5.41, 5.74) is 1.55. The summed E-state index contributed by atoms with van der Waals surface area (Å²) in [6.45, 7) is 6.39. The third kappa shape index (κ3) is 3.86. The fourth-order valence-electron chi connectivity index (χ4n) is 2.93. The number of halogens is 2.